The van der Waals surface area contributed by atoms with E-state index in [9.17, 15) is 28.8 Å². The van der Waals surface area contributed by atoms with Crippen molar-refractivity contribution < 1.29 is 28.8 Å². The van der Waals surface area contributed by atoms with Crippen LogP contribution in [0.1, 0.15) is 40.5 Å². The molecular formula is C20H31N5O6. The summed E-state index contributed by atoms with van der Waals surface area (Å²) >= 11 is 0. The quantitative estimate of drug-likeness (QED) is 0.230. The number of nitrogens with zero attached hydrogens (tertiary/aromatic N) is 1. The second-order valence-corrected chi connectivity index (χ2v) is 7.94. The Bertz CT molecular complexity index is 743. The van der Waals surface area contributed by atoms with Crippen LogP contribution in [0.2, 0.25) is 0 Å². The molecule has 11 nitrogen and oxygen atoms in total. The molecule has 6 amide bonds. The Balaban J connectivity index is 2.77. The zero-order chi connectivity index (χ0) is 23.7. The van der Waals surface area contributed by atoms with Gasteiger partial charge in [-0.2, -0.15) is 0 Å². The van der Waals surface area contributed by atoms with Crippen LogP contribution in [0.4, 0.5) is 4.79 Å². The van der Waals surface area contributed by atoms with Gasteiger partial charge in [0, 0.05) is 24.6 Å². The van der Waals surface area contributed by atoms with Gasteiger partial charge in [0.15, 0.2) is 5.78 Å². The van der Waals surface area contributed by atoms with E-state index in [2.05, 4.69) is 16.0 Å². The van der Waals surface area contributed by atoms with Crippen LogP contribution in [0.15, 0.2) is 12.2 Å². The van der Waals surface area contributed by atoms with Gasteiger partial charge in [-0.25, -0.2) is 4.79 Å². The van der Waals surface area contributed by atoms with Gasteiger partial charge in [0.25, 0.3) is 11.8 Å². The van der Waals surface area contributed by atoms with E-state index in [-0.39, 0.29) is 30.6 Å². The number of ketones is 1. The van der Waals surface area contributed by atoms with Crippen LogP contribution in [0.25, 0.3) is 0 Å². The summed E-state index contributed by atoms with van der Waals surface area (Å²) in [5.41, 5.74) is 5.02. The van der Waals surface area contributed by atoms with E-state index in [0.717, 1.165) is 17.1 Å². The molecule has 1 unspecified atom stereocenters. The van der Waals surface area contributed by atoms with Crippen LogP contribution >= 0.6 is 0 Å². The lowest BCUT2D eigenvalue weighted by molar-refractivity contribution is -0.141. The molecule has 1 aliphatic rings. The maximum Gasteiger partial charge on any atom is 0.312 e. The fraction of sp³-hybridized carbons (Fsp3) is 0.600. The molecule has 172 valence electrons. The van der Waals surface area contributed by atoms with Gasteiger partial charge in [-0.05, 0) is 18.8 Å². The van der Waals surface area contributed by atoms with Crippen molar-refractivity contribution in [1.82, 2.24) is 20.9 Å². The lowest BCUT2D eigenvalue weighted by Crippen LogP contribution is -2.55. The van der Waals surface area contributed by atoms with Crippen molar-refractivity contribution >= 4 is 35.4 Å². The van der Waals surface area contributed by atoms with Gasteiger partial charge in [-0.15, -0.1) is 0 Å². The third kappa shape index (κ3) is 8.19. The first kappa shape index (κ1) is 25.8. The smallest absolute Gasteiger partial charge is 0.312 e. The van der Waals surface area contributed by atoms with Crippen molar-refractivity contribution in [2.75, 3.05) is 13.1 Å². The summed E-state index contributed by atoms with van der Waals surface area (Å²) in [7, 11) is 0. The number of nitrogens with two attached hydrogens (primary N) is 1. The monoisotopic (exact) mass is 437 g/mol. The summed E-state index contributed by atoms with van der Waals surface area (Å²) in [6.07, 6.45) is 2.83. The maximum atomic E-state index is 12.8. The predicted molar refractivity (Wildman–Crippen MR) is 111 cm³/mol. The first-order chi connectivity index (χ1) is 14.4. The van der Waals surface area contributed by atoms with Crippen molar-refractivity contribution in [2.24, 2.45) is 17.6 Å². The summed E-state index contributed by atoms with van der Waals surface area (Å²) in [4.78, 5) is 72.5. The van der Waals surface area contributed by atoms with Crippen molar-refractivity contribution in [2.45, 2.75) is 52.6 Å². The first-order valence-corrected chi connectivity index (χ1v) is 10.1. The average Bonchev–Trinajstić information content (AvgIpc) is 2.99. The van der Waals surface area contributed by atoms with Crippen LogP contribution in [-0.4, -0.2) is 65.5 Å². The summed E-state index contributed by atoms with van der Waals surface area (Å²) in [5, 5.41) is 7.63. The van der Waals surface area contributed by atoms with Crippen molar-refractivity contribution in [3.05, 3.63) is 12.2 Å². The standard InChI is InChI=1S/C20H31N5O6/c1-11(2)17(24-14(26)10-25-15(27)7-8-16(25)28)19(30)23-13(18(29)12(3)4)6-5-9-22-20(21)31/h7-8,11-13,17H,5-6,9-10H2,1-4H3,(H,23,30)(H,24,26)(H3,21,22,31)/t13-,17?/m1/s1. The van der Waals surface area contributed by atoms with Crippen molar-refractivity contribution in [1.29, 1.82) is 0 Å². The van der Waals surface area contributed by atoms with E-state index < -0.39 is 48.3 Å². The second-order valence-electron chi connectivity index (χ2n) is 7.94. The van der Waals surface area contributed by atoms with Crippen LogP contribution in [0.3, 0.4) is 0 Å². The predicted octanol–water partition coefficient (Wildman–Crippen LogP) is -0.789. The zero-order valence-electron chi connectivity index (χ0n) is 18.3. The van der Waals surface area contributed by atoms with Gasteiger partial charge in [-0.3, -0.25) is 28.9 Å². The largest absolute Gasteiger partial charge is 0.352 e. The highest BCUT2D eigenvalue weighted by atomic mass is 16.2. The molecule has 5 N–H and O–H groups in total. The molecule has 0 spiro atoms. The summed E-state index contributed by atoms with van der Waals surface area (Å²) in [5.74, 6) is -3.25. The van der Waals surface area contributed by atoms with Crippen LogP contribution in [0, 0.1) is 11.8 Å². The van der Waals surface area contributed by atoms with E-state index in [4.69, 9.17) is 5.73 Å². The van der Waals surface area contributed by atoms with E-state index >= 15 is 0 Å². The summed E-state index contributed by atoms with van der Waals surface area (Å²) in [6.45, 7) is 6.60. The molecule has 0 aromatic carbocycles. The topological polar surface area (TPSA) is 168 Å². The number of imide groups is 1. The van der Waals surface area contributed by atoms with Crippen LogP contribution in [-0.2, 0) is 24.0 Å². The number of urea groups is 1. The number of nitrogens with one attached hydrogen (secondary N) is 3. The Labute approximate surface area is 181 Å². The number of primary amides is 1. The average molecular weight is 437 g/mol. The second kappa shape index (κ2) is 11.8. The summed E-state index contributed by atoms with van der Waals surface area (Å²) < 4.78 is 0. The van der Waals surface area contributed by atoms with Gasteiger partial charge in [0.1, 0.15) is 12.6 Å². The molecule has 0 fully saturated rings. The van der Waals surface area contributed by atoms with Gasteiger partial charge in [0.2, 0.25) is 11.8 Å². The van der Waals surface area contributed by atoms with Gasteiger partial charge in [-0.1, -0.05) is 27.7 Å². The van der Waals surface area contributed by atoms with Gasteiger partial charge < -0.3 is 21.7 Å². The molecule has 0 aromatic heterocycles. The Hall–Kier alpha value is -3.24. The highest BCUT2D eigenvalue weighted by Crippen LogP contribution is 2.09. The third-order valence-electron chi connectivity index (χ3n) is 4.67. The molecular weight excluding hydrogens is 406 g/mol. The van der Waals surface area contributed by atoms with Crippen LogP contribution < -0.4 is 21.7 Å². The lowest BCUT2D eigenvalue weighted by atomic mass is 9.96. The number of amides is 6. The molecule has 1 rings (SSSR count). The van der Waals surface area contributed by atoms with Gasteiger partial charge >= 0.3 is 6.03 Å². The van der Waals surface area contributed by atoms with Crippen LogP contribution in [0.5, 0.6) is 0 Å². The number of hydrogen-bond donors (Lipinski definition) is 4. The summed E-state index contributed by atoms with van der Waals surface area (Å²) in [6, 6.07) is -2.45. The first-order valence-electron chi connectivity index (χ1n) is 10.1. The molecule has 2 atom stereocenters. The molecule has 0 aromatic rings. The maximum absolute atomic E-state index is 12.8. The molecule has 0 aliphatic carbocycles. The fourth-order valence-electron chi connectivity index (χ4n) is 2.95. The fourth-order valence-corrected chi connectivity index (χ4v) is 2.95. The van der Waals surface area contributed by atoms with Gasteiger partial charge in [0.05, 0.1) is 6.04 Å². The molecule has 0 saturated heterocycles. The Morgan fingerprint density at radius 3 is 2.06 bits per heavy atom. The van der Waals surface area contributed by atoms with E-state index in [1.165, 1.54) is 0 Å². The molecule has 0 saturated carbocycles. The Kier molecular flexibility index (Phi) is 9.84. The number of Topliss-reactive ketones (excluding diaryl/α,β-unsaturated/α-hetero) is 1. The minimum atomic E-state index is -0.973. The Morgan fingerprint density at radius 1 is 1.00 bits per heavy atom. The minimum absolute atomic E-state index is 0.180. The SMILES string of the molecule is CC(C)C(=O)[C@@H](CCCNC(N)=O)NC(=O)C(NC(=O)CN1C(=O)C=CC1=O)C(C)C. The Morgan fingerprint density at radius 2 is 1.58 bits per heavy atom. The number of hydrogen-bond acceptors (Lipinski definition) is 6. The lowest BCUT2D eigenvalue weighted by Gasteiger charge is -2.26. The molecule has 1 heterocycles. The highest BCUT2D eigenvalue weighted by molar-refractivity contribution is 6.14. The molecule has 0 bridgehead atoms. The molecule has 31 heavy (non-hydrogen) atoms. The highest BCUT2D eigenvalue weighted by Gasteiger charge is 2.31. The number of carbonyl (C=O) groups excluding carboxylic acids is 6. The normalized spacial score (nSPS) is 15.2. The number of carbonyl (C=O) groups is 6. The zero-order valence-corrected chi connectivity index (χ0v) is 18.3. The molecule has 11 heteroatoms. The third-order valence-corrected chi connectivity index (χ3v) is 4.67. The molecule has 0 radical (unpaired) electrons. The minimum Gasteiger partial charge on any atom is -0.352 e. The van der Waals surface area contributed by atoms with Crippen molar-refractivity contribution in [3.8, 4) is 0 Å². The van der Waals surface area contributed by atoms with E-state index in [0.29, 0.717) is 6.42 Å². The van der Waals surface area contributed by atoms with E-state index in [1.807, 2.05) is 0 Å². The number of rotatable bonds is 12. The molecule has 1 aliphatic heterocycles. The van der Waals surface area contributed by atoms with E-state index in [1.54, 1.807) is 27.7 Å². The van der Waals surface area contributed by atoms with Crippen molar-refractivity contribution in [3.63, 3.8) is 0 Å².